The van der Waals surface area contributed by atoms with Crippen LogP contribution in [-0.4, -0.2) is 49.0 Å². The number of amides is 1. The van der Waals surface area contributed by atoms with Crippen molar-refractivity contribution in [3.63, 3.8) is 0 Å². The molecule has 5 heteroatoms. The van der Waals surface area contributed by atoms with Gasteiger partial charge < -0.3 is 14.4 Å². The molecule has 3 aromatic rings. The maximum atomic E-state index is 12.7. The molecule has 1 aliphatic heterocycles. The molecule has 1 amide bonds. The zero-order valence-electron chi connectivity index (χ0n) is 19.0. The number of rotatable bonds is 8. The molecule has 4 rings (SSSR count). The molecule has 0 aliphatic carbocycles. The first kappa shape index (κ1) is 22.6. The van der Waals surface area contributed by atoms with Crippen molar-refractivity contribution in [2.24, 2.45) is 0 Å². The van der Waals surface area contributed by atoms with Crippen LogP contribution in [0.3, 0.4) is 0 Å². The molecule has 5 nitrogen and oxygen atoms in total. The Morgan fingerprint density at radius 3 is 2.30 bits per heavy atom. The molecule has 33 heavy (non-hydrogen) atoms. The van der Waals surface area contributed by atoms with Crippen molar-refractivity contribution >= 4 is 12.0 Å². The van der Waals surface area contributed by atoms with Crippen LogP contribution in [0.4, 0.5) is 0 Å². The number of carbonyl (C=O) groups is 1. The quantitative estimate of drug-likeness (QED) is 0.477. The molecule has 170 valence electrons. The van der Waals surface area contributed by atoms with E-state index in [4.69, 9.17) is 9.47 Å². The van der Waals surface area contributed by atoms with E-state index in [0.717, 1.165) is 55.3 Å². The van der Waals surface area contributed by atoms with Gasteiger partial charge in [-0.3, -0.25) is 9.69 Å². The molecule has 0 radical (unpaired) electrons. The first-order chi connectivity index (χ1) is 16.2. The van der Waals surface area contributed by atoms with Gasteiger partial charge in [-0.25, -0.2) is 0 Å². The minimum absolute atomic E-state index is 0.0484. The van der Waals surface area contributed by atoms with Crippen molar-refractivity contribution in [2.45, 2.75) is 13.2 Å². The summed E-state index contributed by atoms with van der Waals surface area (Å²) in [5, 5.41) is 0. The third-order valence-corrected chi connectivity index (χ3v) is 5.79. The Bertz CT molecular complexity index is 1060. The molecule has 0 atom stereocenters. The van der Waals surface area contributed by atoms with Crippen LogP contribution in [0.25, 0.3) is 6.08 Å². The van der Waals surface area contributed by atoms with E-state index in [9.17, 15) is 4.79 Å². The van der Waals surface area contributed by atoms with Crippen LogP contribution in [0, 0.1) is 0 Å². The zero-order chi connectivity index (χ0) is 22.9. The van der Waals surface area contributed by atoms with Crippen LogP contribution < -0.4 is 9.47 Å². The number of benzene rings is 3. The summed E-state index contributed by atoms with van der Waals surface area (Å²) in [6.07, 6.45) is 3.53. The third kappa shape index (κ3) is 6.46. The van der Waals surface area contributed by atoms with Gasteiger partial charge in [-0.2, -0.15) is 0 Å². The van der Waals surface area contributed by atoms with Crippen molar-refractivity contribution in [1.82, 2.24) is 9.80 Å². The lowest BCUT2D eigenvalue weighted by Gasteiger charge is -2.34. The van der Waals surface area contributed by atoms with Crippen molar-refractivity contribution in [1.29, 1.82) is 0 Å². The highest BCUT2D eigenvalue weighted by atomic mass is 16.5. The molecular formula is C28H30N2O3. The van der Waals surface area contributed by atoms with Crippen LogP contribution in [0.15, 0.2) is 84.9 Å². The summed E-state index contributed by atoms with van der Waals surface area (Å²) in [5.41, 5.74) is 3.19. The highest BCUT2D eigenvalue weighted by Crippen LogP contribution is 2.23. The van der Waals surface area contributed by atoms with Gasteiger partial charge in [0, 0.05) is 44.4 Å². The van der Waals surface area contributed by atoms with E-state index in [1.165, 1.54) is 5.56 Å². The molecule has 1 aliphatic rings. The molecule has 0 N–H and O–H groups in total. The average molecular weight is 443 g/mol. The lowest BCUT2D eigenvalue weighted by molar-refractivity contribution is -0.127. The molecule has 0 saturated carbocycles. The van der Waals surface area contributed by atoms with E-state index in [2.05, 4.69) is 29.2 Å². The second-order valence-corrected chi connectivity index (χ2v) is 8.09. The molecule has 1 fully saturated rings. The minimum Gasteiger partial charge on any atom is -0.496 e. The van der Waals surface area contributed by atoms with Gasteiger partial charge in [0.2, 0.25) is 5.91 Å². The van der Waals surface area contributed by atoms with Gasteiger partial charge in [0.25, 0.3) is 0 Å². The fraction of sp³-hybridized carbons (Fsp3) is 0.250. The number of para-hydroxylation sites is 1. The van der Waals surface area contributed by atoms with E-state index in [1.807, 2.05) is 65.6 Å². The number of ether oxygens (including phenoxy) is 2. The number of piperazine rings is 1. The number of hydrogen-bond donors (Lipinski definition) is 0. The maximum Gasteiger partial charge on any atom is 0.246 e. The van der Waals surface area contributed by atoms with Gasteiger partial charge in [0.15, 0.2) is 0 Å². The molecule has 0 aromatic heterocycles. The Balaban J connectivity index is 1.32. The van der Waals surface area contributed by atoms with E-state index in [-0.39, 0.29) is 5.91 Å². The summed E-state index contributed by atoms with van der Waals surface area (Å²) in [7, 11) is 1.65. The number of hydrogen-bond acceptors (Lipinski definition) is 4. The Hall–Kier alpha value is -3.57. The van der Waals surface area contributed by atoms with Crippen LogP contribution in [0.5, 0.6) is 11.5 Å². The van der Waals surface area contributed by atoms with Crippen LogP contribution >= 0.6 is 0 Å². The molecule has 1 heterocycles. The molecule has 0 unspecified atom stereocenters. The van der Waals surface area contributed by atoms with Gasteiger partial charge in [0.1, 0.15) is 18.1 Å². The van der Waals surface area contributed by atoms with Crippen molar-refractivity contribution in [2.75, 3.05) is 33.3 Å². The minimum atomic E-state index is 0.0484. The Labute approximate surface area is 195 Å². The Kier molecular flexibility index (Phi) is 7.77. The molecule has 0 spiro atoms. The normalized spacial score (nSPS) is 14.4. The van der Waals surface area contributed by atoms with Crippen LogP contribution in [-0.2, 0) is 17.9 Å². The summed E-state index contributed by atoms with van der Waals surface area (Å²) in [6, 6.07) is 26.0. The first-order valence-corrected chi connectivity index (χ1v) is 11.3. The third-order valence-electron chi connectivity index (χ3n) is 5.79. The molecular weight excluding hydrogens is 412 g/mol. The summed E-state index contributed by atoms with van der Waals surface area (Å²) >= 11 is 0. The summed E-state index contributed by atoms with van der Waals surface area (Å²) in [6.45, 7) is 4.59. The number of carbonyl (C=O) groups excluding carboxylic acids is 1. The smallest absolute Gasteiger partial charge is 0.246 e. The maximum absolute atomic E-state index is 12.7. The lowest BCUT2D eigenvalue weighted by atomic mass is 10.1. The van der Waals surface area contributed by atoms with Gasteiger partial charge in [-0.05, 0) is 41.5 Å². The van der Waals surface area contributed by atoms with Crippen LogP contribution in [0.1, 0.15) is 16.7 Å². The lowest BCUT2D eigenvalue weighted by Crippen LogP contribution is -2.47. The fourth-order valence-electron chi connectivity index (χ4n) is 3.93. The molecule has 3 aromatic carbocycles. The van der Waals surface area contributed by atoms with Gasteiger partial charge >= 0.3 is 0 Å². The summed E-state index contributed by atoms with van der Waals surface area (Å²) in [4.78, 5) is 17.0. The second-order valence-electron chi connectivity index (χ2n) is 8.09. The zero-order valence-corrected chi connectivity index (χ0v) is 19.0. The van der Waals surface area contributed by atoms with E-state index in [1.54, 1.807) is 13.2 Å². The largest absolute Gasteiger partial charge is 0.496 e. The van der Waals surface area contributed by atoms with E-state index >= 15 is 0 Å². The number of methoxy groups -OCH3 is 1. The predicted octanol–water partition coefficient (Wildman–Crippen LogP) is 4.63. The number of nitrogens with zero attached hydrogens (tertiary/aromatic N) is 2. The Morgan fingerprint density at radius 1 is 0.909 bits per heavy atom. The van der Waals surface area contributed by atoms with E-state index < -0.39 is 0 Å². The van der Waals surface area contributed by atoms with Crippen LogP contribution in [0.2, 0.25) is 0 Å². The van der Waals surface area contributed by atoms with Crippen molar-refractivity contribution in [3.8, 4) is 11.5 Å². The summed E-state index contributed by atoms with van der Waals surface area (Å²) in [5.74, 6) is 1.62. The van der Waals surface area contributed by atoms with Gasteiger partial charge in [-0.1, -0.05) is 54.6 Å². The highest BCUT2D eigenvalue weighted by Gasteiger charge is 2.19. The molecule has 0 bridgehead atoms. The monoisotopic (exact) mass is 442 g/mol. The fourth-order valence-corrected chi connectivity index (χ4v) is 3.93. The second kappa shape index (κ2) is 11.3. The van der Waals surface area contributed by atoms with Gasteiger partial charge in [0.05, 0.1) is 7.11 Å². The summed E-state index contributed by atoms with van der Waals surface area (Å²) < 4.78 is 11.4. The predicted molar refractivity (Wildman–Crippen MR) is 131 cm³/mol. The highest BCUT2D eigenvalue weighted by molar-refractivity contribution is 5.91. The van der Waals surface area contributed by atoms with E-state index in [0.29, 0.717) is 6.61 Å². The SMILES string of the molecule is COc1ccc(/C=C/C(=O)N2CCN(Cc3ccccc3)CC2)cc1COc1ccccc1. The van der Waals surface area contributed by atoms with Gasteiger partial charge in [-0.15, -0.1) is 0 Å². The Morgan fingerprint density at radius 2 is 1.61 bits per heavy atom. The van der Waals surface area contributed by atoms with Crippen molar-refractivity contribution < 1.29 is 14.3 Å². The topological polar surface area (TPSA) is 42.0 Å². The standard InChI is InChI=1S/C28H30N2O3/c1-32-27-14-12-23(20-25(27)22-33-26-10-6-3-7-11-26)13-15-28(31)30-18-16-29(17-19-30)21-24-8-4-2-5-9-24/h2-15,20H,16-19,21-22H2,1H3/b15-13+. The first-order valence-electron chi connectivity index (χ1n) is 11.3. The van der Waals surface area contributed by atoms with Crippen molar-refractivity contribution in [3.05, 3.63) is 102 Å². The molecule has 1 saturated heterocycles. The average Bonchev–Trinajstić information content (AvgIpc) is 2.88.